The number of hydrogen-bond acceptors (Lipinski definition) is 2. The number of ether oxygens (including phenoxy) is 1. The lowest BCUT2D eigenvalue weighted by molar-refractivity contribution is 0.183. The summed E-state index contributed by atoms with van der Waals surface area (Å²) >= 11 is 3.64. The molecule has 0 aromatic heterocycles. The van der Waals surface area contributed by atoms with Gasteiger partial charge in [0.25, 0.3) is 0 Å². The zero-order valence-corrected chi connectivity index (χ0v) is 13.6. The van der Waals surface area contributed by atoms with E-state index in [9.17, 15) is 0 Å². The molecule has 1 aromatic rings. The smallest absolute Gasteiger partial charge is 0.120 e. The minimum absolute atomic E-state index is 0.419. The van der Waals surface area contributed by atoms with Crippen LogP contribution in [0.5, 0.6) is 5.75 Å². The molecule has 110 valence electrons. The Morgan fingerprint density at radius 2 is 1.80 bits per heavy atom. The van der Waals surface area contributed by atoms with E-state index in [1.54, 1.807) is 0 Å². The van der Waals surface area contributed by atoms with E-state index in [-0.39, 0.29) is 0 Å². The number of benzene rings is 1. The van der Waals surface area contributed by atoms with Crippen LogP contribution in [-0.4, -0.2) is 12.1 Å². The summed E-state index contributed by atoms with van der Waals surface area (Å²) in [5.74, 6) is 1.03. The van der Waals surface area contributed by atoms with Gasteiger partial charge in [0.05, 0.1) is 6.10 Å². The molecule has 0 radical (unpaired) electrons. The molecule has 0 heterocycles. The Bertz CT molecular complexity index is 437. The number of rotatable bonds is 5. The lowest BCUT2D eigenvalue weighted by Crippen LogP contribution is -2.17. The molecule has 2 aliphatic carbocycles. The van der Waals surface area contributed by atoms with Crippen LogP contribution in [0.2, 0.25) is 0 Å². The van der Waals surface area contributed by atoms with E-state index in [0.717, 1.165) is 18.3 Å². The number of hydrogen-bond donors (Lipinski definition) is 1. The maximum absolute atomic E-state index is 6.20. The van der Waals surface area contributed by atoms with Gasteiger partial charge in [-0.05, 0) is 62.3 Å². The second-order valence-electron chi connectivity index (χ2n) is 6.14. The van der Waals surface area contributed by atoms with E-state index in [1.807, 2.05) is 0 Å². The van der Waals surface area contributed by atoms with Crippen molar-refractivity contribution in [3.8, 4) is 5.75 Å². The van der Waals surface area contributed by atoms with E-state index >= 15 is 0 Å². The zero-order valence-electron chi connectivity index (χ0n) is 12.0. The first kappa shape index (κ1) is 14.4. The van der Waals surface area contributed by atoms with Crippen molar-refractivity contribution in [1.29, 1.82) is 0 Å². The Morgan fingerprint density at radius 1 is 1.05 bits per heavy atom. The van der Waals surface area contributed by atoms with Crippen LogP contribution in [0, 0.1) is 0 Å². The SMILES string of the molecule is Brc1ccc(OC2CCCCCC2)cc1CNC1CC1. The Kier molecular flexibility index (Phi) is 5.00. The quantitative estimate of drug-likeness (QED) is 0.779. The van der Waals surface area contributed by atoms with Crippen LogP contribution >= 0.6 is 15.9 Å². The average Bonchev–Trinajstić information content (AvgIpc) is 3.27. The van der Waals surface area contributed by atoms with Crippen molar-refractivity contribution in [2.45, 2.75) is 70.1 Å². The van der Waals surface area contributed by atoms with Crippen molar-refractivity contribution < 1.29 is 4.74 Å². The molecule has 3 rings (SSSR count). The zero-order chi connectivity index (χ0) is 13.8. The predicted octanol–water partition coefficient (Wildman–Crippen LogP) is 4.80. The molecule has 2 nitrogen and oxygen atoms in total. The second-order valence-corrected chi connectivity index (χ2v) is 6.99. The van der Waals surface area contributed by atoms with Gasteiger partial charge in [0.2, 0.25) is 0 Å². The van der Waals surface area contributed by atoms with Gasteiger partial charge in [0, 0.05) is 17.1 Å². The molecule has 0 unspecified atom stereocenters. The summed E-state index contributed by atoms with van der Waals surface area (Å²) in [7, 11) is 0. The molecule has 0 atom stereocenters. The van der Waals surface area contributed by atoms with Crippen LogP contribution in [0.15, 0.2) is 22.7 Å². The van der Waals surface area contributed by atoms with Crippen molar-refractivity contribution in [1.82, 2.24) is 5.32 Å². The first-order valence-corrected chi connectivity index (χ1v) is 8.79. The van der Waals surface area contributed by atoms with Gasteiger partial charge in [-0.25, -0.2) is 0 Å². The van der Waals surface area contributed by atoms with Gasteiger partial charge in [-0.1, -0.05) is 28.8 Å². The molecule has 0 amide bonds. The van der Waals surface area contributed by atoms with E-state index in [4.69, 9.17) is 4.74 Å². The predicted molar refractivity (Wildman–Crippen MR) is 86.1 cm³/mol. The van der Waals surface area contributed by atoms with Crippen molar-refractivity contribution in [2.75, 3.05) is 0 Å². The molecule has 2 aliphatic rings. The van der Waals surface area contributed by atoms with Gasteiger partial charge in [-0.3, -0.25) is 0 Å². The van der Waals surface area contributed by atoms with Crippen molar-refractivity contribution in [2.24, 2.45) is 0 Å². The van der Waals surface area contributed by atoms with E-state index in [1.165, 1.54) is 61.4 Å². The highest BCUT2D eigenvalue weighted by molar-refractivity contribution is 9.10. The third-order valence-electron chi connectivity index (χ3n) is 4.28. The summed E-state index contributed by atoms with van der Waals surface area (Å²) in [6, 6.07) is 7.16. The number of nitrogens with one attached hydrogen (secondary N) is 1. The maximum atomic E-state index is 6.20. The average molecular weight is 338 g/mol. The molecule has 1 N–H and O–H groups in total. The summed E-state index contributed by atoms with van der Waals surface area (Å²) in [5, 5.41) is 3.57. The lowest BCUT2D eigenvalue weighted by atomic mass is 10.1. The minimum atomic E-state index is 0.419. The normalized spacial score (nSPS) is 20.6. The van der Waals surface area contributed by atoms with Gasteiger partial charge in [0.15, 0.2) is 0 Å². The molecule has 0 spiro atoms. The van der Waals surface area contributed by atoms with Crippen LogP contribution in [0.4, 0.5) is 0 Å². The van der Waals surface area contributed by atoms with E-state index < -0.39 is 0 Å². The molecule has 1 aromatic carbocycles. The third-order valence-corrected chi connectivity index (χ3v) is 5.05. The lowest BCUT2D eigenvalue weighted by Gasteiger charge is -2.18. The summed E-state index contributed by atoms with van der Waals surface area (Å²) < 4.78 is 7.38. The fourth-order valence-corrected chi connectivity index (χ4v) is 3.24. The molecule has 0 aliphatic heterocycles. The molecule has 2 fully saturated rings. The van der Waals surface area contributed by atoms with Gasteiger partial charge >= 0.3 is 0 Å². The fourth-order valence-electron chi connectivity index (χ4n) is 2.85. The van der Waals surface area contributed by atoms with Crippen molar-refractivity contribution in [3.63, 3.8) is 0 Å². The molecular weight excluding hydrogens is 314 g/mol. The fraction of sp³-hybridized carbons (Fsp3) is 0.647. The first-order valence-electron chi connectivity index (χ1n) is 8.00. The second kappa shape index (κ2) is 6.95. The summed E-state index contributed by atoms with van der Waals surface area (Å²) in [6.45, 7) is 0.938. The number of halogens is 1. The van der Waals surface area contributed by atoms with Crippen LogP contribution < -0.4 is 10.1 Å². The highest BCUT2D eigenvalue weighted by atomic mass is 79.9. The minimum Gasteiger partial charge on any atom is -0.490 e. The van der Waals surface area contributed by atoms with Gasteiger partial charge in [-0.15, -0.1) is 0 Å². The van der Waals surface area contributed by atoms with Crippen LogP contribution in [-0.2, 0) is 6.54 Å². The molecule has 0 bridgehead atoms. The third kappa shape index (κ3) is 4.23. The van der Waals surface area contributed by atoms with Crippen molar-refractivity contribution >= 4 is 15.9 Å². The highest BCUT2D eigenvalue weighted by Gasteiger charge is 2.20. The largest absolute Gasteiger partial charge is 0.490 e. The van der Waals surface area contributed by atoms with Crippen molar-refractivity contribution in [3.05, 3.63) is 28.2 Å². The Hall–Kier alpha value is -0.540. The monoisotopic (exact) mass is 337 g/mol. The Balaban J connectivity index is 1.61. The van der Waals surface area contributed by atoms with Gasteiger partial charge in [-0.2, -0.15) is 0 Å². The highest BCUT2D eigenvalue weighted by Crippen LogP contribution is 2.27. The van der Waals surface area contributed by atoms with Gasteiger partial charge in [0.1, 0.15) is 5.75 Å². The topological polar surface area (TPSA) is 21.3 Å². The molecular formula is C17H24BrNO. The van der Waals surface area contributed by atoms with Crippen LogP contribution in [0.1, 0.15) is 56.9 Å². The van der Waals surface area contributed by atoms with Crippen LogP contribution in [0.25, 0.3) is 0 Å². The molecule has 2 saturated carbocycles. The molecule has 0 saturated heterocycles. The maximum Gasteiger partial charge on any atom is 0.120 e. The molecule has 20 heavy (non-hydrogen) atoms. The Labute approximate surface area is 130 Å². The summed E-state index contributed by atoms with van der Waals surface area (Å²) in [5.41, 5.74) is 1.31. The first-order chi connectivity index (χ1) is 9.81. The summed E-state index contributed by atoms with van der Waals surface area (Å²) in [6.07, 6.45) is 10.9. The Morgan fingerprint density at radius 3 is 2.50 bits per heavy atom. The molecule has 3 heteroatoms. The van der Waals surface area contributed by atoms with Crippen LogP contribution in [0.3, 0.4) is 0 Å². The summed E-state index contributed by atoms with van der Waals surface area (Å²) in [4.78, 5) is 0. The van der Waals surface area contributed by atoms with E-state index in [0.29, 0.717) is 6.10 Å². The van der Waals surface area contributed by atoms with E-state index in [2.05, 4.69) is 39.4 Å². The van der Waals surface area contributed by atoms with Gasteiger partial charge < -0.3 is 10.1 Å². The standard InChI is InChI=1S/C17H24BrNO/c18-17-10-9-16(11-13(17)12-19-14-7-8-14)20-15-5-3-1-2-4-6-15/h9-11,14-15,19H,1-8,12H2.